The van der Waals surface area contributed by atoms with Crippen LogP contribution < -0.4 is 5.56 Å². The van der Waals surface area contributed by atoms with Gasteiger partial charge in [0.15, 0.2) is 5.82 Å². The van der Waals surface area contributed by atoms with Gasteiger partial charge in [-0.15, -0.1) is 5.10 Å². The molecule has 5 rings (SSSR count). The Balaban J connectivity index is 1.67. The number of nitrogens with one attached hydrogen (secondary N) is 1. The third-order valence-corrected chi connectivity index (χ3v) is 7.22. The Hall–Kier alpha value is -3.32. The Labute approximate surface area is 199 Å². The number of aromatic nitrogens is 5. The van der Waals surface area contributed by atoms with E-state index < -0.39 is 0 Å². The molecule has 2 aromatic carbocycles. The minimum absolute atomic E-state index is 0.0896. The fourth-order valence-corrected chi connectivity index (χ4v) is 5.19. The van der Waals surface area contributed by atoms with Crippen LogP contribution >= 0.6 is 0 Å². The molecule has 1 fully saturated rings. The van der Waals surface area contributed by atoms with Crippen molar-refractivity contribution in [2.45, 2.75) is 65.1 Å². The van der Waals surface area contributed by atoms with E-state index in [1.54, 1.807) is 0 Å². The molecular weight excluding hydrogens is 424 g/mol. The Bertz CT molecular complexity index is 1340. The SMILES string of the molecule is CCN(Cc1ccccc1)C(c1cc2cc(C)c(C)cc2[nH]c1=O)c1nnnn1C1CCCC1. The first-order chi connectivity index (χ1) is 16.5. The lowest BCUT2D eigenvalue weighted by Gasteiger charge is -2.30. The van der Waals surface area contributed by atoms with E-state index in [1.807, 2.05) is 16.8 Å². The topological polar surface area (TPSA) is 79.7 Å². The average molecular weight is 457 g/mol. The van der Waals surface area contributed by atoms with Gasteiger partial charge in [0, 0.05) is 17.6 Å². The summed E-state index contributed by atoms with van der Waals surface area (Å²) < 4.78 is 1.98. The number of hydrogen-bond donors (Lipinski definition) is 1. The predicted octanol–water partition coefficient (Wildman–Crippen LogP) is 4.86. The molecule has 176 valence electrons. The van der Waals surface area contributed by atoms with Crippen molar-refractivity contribution in [2.24, 2.45) is 0 Å². The standard InChI is InChI=1S/C27H32N6O/c1-4-32(17-20-10-6-5-7-11-20)25(26-29-30-31-33(26)22-12-8-9-13-22)23-16-21-14-18(2)19(3)15-24(21)28-27(23)34/h5-7,10-11,14-16,22,25H,4,8-9,12-13,17H2,1-3H3,(H,28,34). The number of aryl methyl sites for hydroxylation is 2. The summed E-state index contributed by atoms with van der Waals surface area (Å²) in [4.78, 5) is 18.9. The molecule has 1 unspecified atom stereocenters. The number of benzene rings is 2. The molecule has 0 amide bonds. The maximum atomic E-state index is 13.5. The van der Waals surface area contributed by atoms with Crippen LogP contribution in [0.3, 0.4) is 0 Å². The summed E-state index contributed by atoms with van der Waals surface area (Å²) in [7, 11) is 0. The quantitative estimate of drug-likeness (QED) is 0.430. The van der Waals surface area contributed by atoms with Gasteiger partial charge in [-0.25, -0.2) is 4.68 Å². The van der Waals surface area contributed by atoms with Crippen molar-refractivity contribution in [3.8, 4) is 0 Å². The van der Waals surface area contributed by atoms with Crippen LogP contribution in [0, 0.1) is 13.8 Å². The van der Waals surface area contributed by atoms with Crippen LogP contribution in [0.2, 0.25) is 0 Å². The summed E-state index contributed by atoms with van der Waals surface area (Å²) in [5.74, 6) is 0.748. The maximum Gasteiger partial charge on any atom is 0.253 e. The summed E-state index contributed by atoms with van der Waals surface area (Å²) >= 11 is 0. The number of hydrogen-bond acceptors (Lipinski definition) is 5. The molecule has 2 aromatic heterocycles. The van der Waals surface area contributed by atoms with Gasteiger partial charge in [-0.3, -0.25) is 9.69 Å². The number of pyridine rings is 1. The van der Waals surface area contributed by atoms with E-state index in [1.165, 1.54) is 24.0 Å². The maximum absolute atomic E-state index is 13.5. The fourth-order valence-electron chi connectivity index (χ4n) is 5.19. The number of aromatic amines is 1. The zero-order valence-electron chi connectivity index (χ0n) is 20.2. The number of tetrazole rings is 1. The van der Waals surface area contributed by atoms with Gasteiger partial charge in [-0.1, -0.05) is 50.1 Å². The molecule has 4 aromatic rings. The van der Waals surface area contributed by atoms with Crippen molar-refractivity contribution in [2.75, 3.05) is 6.54 Å². The average Bonchev–Trinajstić information content (AvgIpc) is 3.53. The Morgan fingerprint density at radius 1 is 1.09 bits per heavy atom. The summed E-state index contributed by atoms with van der Waals surface area (Å²) in [6.07, 6.45) is 4.51. The molecule has 0 spiro atoms. The van der Waals surface area contributed by atoms with Crippen molar-refractivity contribution in [3.63, 3.8) is 0 Å². The van der Waals surface area contributed by atoms with Gasteiger partial charge >= 0.3 is 0 Å². The molecule has 1 atom stereocenters. The molecule has 2 heterocycles. The molecule has 0 aliphatic heterocycles. The van der Waals surface area contributed by atoms with Gasteiger partial charge < -0.3 is 4.98 Å². The first-order valence-electron chi connectivity index (χ1n) is 12.2. The monoisotopic (exact) mass is 456 g/mol. The minimum Gasteiger partial charge on any atom is -0.322 e. The highest BCUT2D eigenvalue weighted by atomic mass is 16.1. The van der Waals surface area contributed by atoms with E-state index in [2.05, 4.69) is 82.6 Å². The number of nitrogens with zero attached hydrogens (tertiary/aromatic N) is 5. The molecule has 1 N–H and O–H groups in total. The van der Waals surface area contributed by atoms with Crippen molar-refractivity contribution in [1.29, 1.82) is 0 Å². The number of fused-ring (bicyclic) bond motifs is 1. The van der Waals surface area contributed by atoms with Crippen molar-refractivity contribution in [1.82, 2.24) is 30.1 Å². The van der Waals surface area contributed by atoms with Crippen molar-refractivity contribution >= 4 is 10.9 Å². The molecule has 7 nitrogen and oxygen atoms in total. The van der Waals surface area contributed by atoms with Crippen molar-refractivity contribution < 1.29 is 0 Å². The van der Waals surface area contributed by atoms with E-state index in [9.17, 15) is 4.79 Å². The van der Waals surface area contributed by atoms with Crippen LogP contribution in [0.1, 0.15) is 72.8 Å². The second kappa shape index (κ2) is 9.50. The smallest absolute Gasteiger partial charge is 0.253 e. The van der Waals surface area contributed by atoms with Gasteiger partial charge in [-0.2, -0.15) is 0 Å². The molecule has 0 saturated heterocycles. The Morgan fingerprint density at radius 2 is 1.82 bits per heavy atom. The Kier molecular flexibility index (Phi) is 6.28. The predicted molar refractivity (Wildman–Crippen MR) is 134 cm³/mol. The van der Waals surface area contributed by atoms with Crippen LogP contribution in [0.25, 0.3) is 10.9 Å². The molecule has 1 aliphatic rings. The zero-order chi connectivity index (χ0) is 23.7. The highest BCUT2D eigenvalue weighted by Gasteiger charge is 2.32. The lowest BCUT2D eigenvalue weighted by molar-refractivity contribution is 0.210. The third-order valence-electron chi connectivity index (χ3n) is 7.22. The largest absolute Gasteiger partial charge is 0.322 e. The van der Waals surface area contributed by atoms with Gasteiger partial charge in [-0.05, 0) is 83.9 Å². The normalized spacial score (nSPS) is 15.4. The lowest BCUT2D eigenvalue weighted by atomic mass is 10.00. The van der Waals surface area contributed by atoms with E-state index in [-0.39, 0.29) is 17.6 Å². The highest BCUT2D eigenvalue weighted by molar-refractivity contribution is 5.81. The lowest BCUT2D eigenvalue weighted by Crippen LogP contribution is -2.35. The number of rotatable bonds is 7. The zero-order valence-corrected chi connectivity index (χ0v) is 20.2. The fraction of sp³-hybridized carbons (Fsp3) is 0.407. The number of H-pyrrole nitrogens is 1. The van der Waals surface area contributed by atoms with Crippen molar-refractivity contribution in [3.05, 3.63) is 87.0 Å². The first kappa shape index (κ1) is 22.5. The molecular formula is C27H32N6O. The van der Waals surface area contributed by atoms with E-state index in [0.29, 0.717) is 12.1 Å². The van der Waals surface area contributed by atoms with Gasteiger partial charge in [0.2, 0.25) is 0 Å². The van der Waals surface area contributed by atoms with Crippen LogP contribution in [-0.2, 0) is 6.54 Å². The highest BCUT2D eigenvalue weighted by Crippen LogP contribution is 2.34. The molecule has 1 saturated carbocycles. The van der Waals surface area contributed by atoms with Gasteiger partial charge in [0.25, 0.3) is 5.56 Å². The third kappa shape index (κ3) is 4.28. The minimum atomic E-state index is -0.351. The summed E-state index contributed by atoms with van der Waals surface area (Å²) in [5.41, 5.74) is 5.01. The molecule has 34 heavy (non-hydrogen) atoms. The summed E-state index contributed by atoms with van der Waals surface area (Å²) in [5, 5.41) is 14.0. The van der Waals surface area contributed by atoms with E-state index in [4.69, 9.17) is 0 Å². The second-order valence-corrected chi connectivity index (χ2v) is 9.45. The molecule has 1 aliphatic carbocycles. The van der Waals surface area contributed by atoms with Crippen LogP contribution in [0.4, 0.5) is 0 Å². The summed E-state index contributed by atoms with van der Waals surface area (Å²) in [6, 6.07) is 16.5. The first-order valence-corrected chi connectivity index (χ1v) is 12.2. The molecule has 0 bridgehead atoms. The summed E-state index contributed by atoms with van der Waals surface area (Å²) in [6.45, 7) is 7.75. The van der Waals surface area contributed by atoms with Gasteiger partial charge in [0.1, 0.15) is 6.04 Å². The van der Waals surface area contributed by atoms with Crippen LogP contribution in [0.5, 0.6) is 0 Å². The van der Waals surface area contributed by atoms with E-state index in [0.717, 1.165) is 41.7 Å². The molecule has 7 heteroatoms. The van der Waals surface area contributed by atoms with Gasteiger partial charge in [0.05, 0.1) is 6.04 Å². The molecule has 0 radical (unpaired) electrons. The second-order valence-electron chi connectivity index (χ2n) is 9.45. The van der Waals surface area contributed by atoms with E-state index >= 15 is 0 Å². The van der Waals surface area contributed by atoms with Crippen LogP contribution in [-0.4, -0.2) is 36.6 Å². The Morgan fingerprint density at radius 3 is 2.56 bits per heavy atom. The van der Waals surface area contributed by atoms with Crippen LogP contribution in [0.15, 0.2) is 53.3 Å².